The first kappa shape index (κ1) is 16.7. The number of methoxy groups -OCH3 is 1. The van der Waals surface area contributed by atoms with E-state index in [0.717, 1.165) is 24.1 Å². The zero-order chi connectivity index (χ0) is 15.0. The van der Waals surface area contributed by atoms with Crippen LogP contribution in [0.2, 0.25) is 0 Å². The summed E-state index contributed by atoms with van der Waals surface area (Å²) in [4.78, 5) is 14.2. The van der Waals surface area contributed by atoms with Crippen LogP contribution in [0.15, 0.2) is 24.3 Å². The lowest BCUT2D eigenvalue weighted by Gasteiger charge is -2.23. The van der Waals surface area contributed by atoms with E-state index in [2.05, 4.69) is 0 Å². The Morgan fingerprint density at radius 1 is 1.45 bits per heavy atom. The average Bonchev–Trinajstić information content (AvgIpc) is 2.45. The Balaban J connectivity index is 2.75. The minimum absolute atomic E-state index is 0.104. The number of rotatable bonds is 8. The molecule has 0 bridgehead atoms. The van der Waals surface area contributed by atoms with Crippen LogP contribution in [0.25, 0.3) is 0 Å². The van der Waals surface area contributed by atoms with Gasteiger partial charge in [0.15, 0.2) is 0 Å². The van der Waals surface area contributed by atoms with E-state index in [1.807, 2.05) is 43.0 Å². The van der Waals surface area contributed by atoms with E-state index in [1.54, 1.807) is 7.11 Å². The third-order valence-electron chi connectivity index (χ3n) is 3.37. The van der Waals surface area contributed by atoms with Gasteiger partial charge in [0.05, 0.1) is 6.10 Å². The lowest BCUT2D eigenvalue weighted by Crippen LogP contribution is -2.33. The molecule has 1 rings (SSSR count). The third kappa shape index (κ3) is 5.31. The van der Waals surface area contributed by atoms with Crippen molar-refractivity contribution in [3.63, 3.8) is 0 Å². The molecule has 0 heterocycles. The minimum Gasteiger partial charge on any atom is -0.382 e. The monoisotopic (exact) mass is 278 g/mol. The average molecular weight is 278 g/mol. The number of hydrogen-bond donors (Lipinski definition) is 1. The van der Waals surface area contributed by atoms with Crippen molar-refractivity contribution in [3.8, 4) is 0 Å². The van der Waals surface area contributed by atoms with E-state index < -0.39 is 0 Å². The van der Waals surface area contributed by atoms with Gasteiger partial charge in [-0.3, -0.25) is 4.79 Å². The summed E-state index contributed by atoms with van der Waals surface area (Å²) >= 11 is 0. The molecule has 4 heteroatoms. The highest BCUT2D eigenvalue weighted by Crippen LogP contribution is 2.18. The summed E-state index contributed by atoms with van der Waals surface area (Å²) in [6, 6.07) is 8.02. The number of aryl methyl sites for hydroxylation is 1. The summed E-state index contributed by atoms with van der Waals surface area (Å²) in [5.41, 5.74) is 7.67. The van der Waals surface area contributed by atoms with Crippen molar-refractivity contribution >= 4 is 11.6 Å². The number of hydrogen-bond acceptors (Lipinski definition) is 3. The number of anilines is 1. The molecule has 0 spiro atoms. The molecule has 0 aliphatic rings. The Morgan fingerprint density at radius 2 is 2.20 bits per heavy atom. The van der Waals surface area contributed by atoms with Crippen molar-refractivity contribution < 1.29 is 9.53 Å². The molecule has 0 aliphatic heterocycles. The number of carbonyl (C=O) groups excluding carboxylic acids is 1. The molecule has 1 unspecified atom stereocenters. The molecule has 1 amide bonds. The van der Waals surface area contributed by atoms with E-state index in [1.165, 1.54) is 0 Å². The predicted octanol–water partition coefficient (Wildman–Crippen LogP) is 2.49. The molecule has 1 atom stereocenters. The van der Waals surface area contributed by atoms with Gasteiger partial charge in [-0.1, -0.05) is 12.1 Å². The summed E-state index contributed by atoms with van der Waals surface area (Å²) < 4.78 is 5.20. The Kier molecular flexibility index (Phi) is 7.26. The smallest absolute Gasteiger partial charge is 0.227 e. The zero-order valence-corrected chi connectivity index (χ0v) is 12.8. The fourth-order valence-electron chi connectivity index (χ4n) is 2.02. The van der Waals surface area contributed by atoms with Gasteiger partial charge in [-0.25, -0.2) is 0 Å². The molecule has 0 aliphatic carbocycles. The fraction of sp³-hybridized carbons (Fsp3) is 0.562. The van der Waals surface area contributed by atoms with Gasteiger partial charge in [-0.2, -0.15) is 0 Å². The molecule has 0 saturated heterocycles. The SMILES string of the molecule is COC(C)CCC(=O)N(CCCN)c1cccc(C)c1. The van der Waals surface area contributed by atoms with Crippen molar-refractivity contribution in [3.05, 3.63) is 29.8 Å². The summed E-state index contributed by atoms with van der Waals surface area (Å²) in [6.07, 6.45) is 2.14. The Morgan fingerprint density at radius 3 is 2.80 bits per heavy atom. The molecule has 0 aromatic heterocycles. The lowest BCUT2D eigenvalue weighted by atomic mass is 10.1. The molecular weight excluding hydrogens is 252 g/mol. The van der Waals surface area contributed by atoms with Crippen LogP contribution >= 0.6 is 0 Å². The molecule has 20 heavy (non-hydrogen) atoms. The van der Waals surface area contributed by atoms with Gasteiger partial charge >= 0.3 is 0 Å². The van der Waals surface area contributed by atoms with Crippen LogP contribution in [0.4, 0.5) is 5.69 Å². The number of nitrogens with two attached hydrogens (primary N) is 1. The number of carbonyl (C=O) groups is 1. The standard InChI is InChI=1S/C16H26N2O2/c1-13-6-4-7-15(12-13)18(11-5-10-17)16(19)9-8-14(2)20-3/h4,6-7,12,14H,5,8-11,17H2,1-3H3. The van der Waals surface area contributed by atoms with Gasteiger partial charge in [0.25, 0.3) is 0 Å². The lowest BCUT2D eigenvalue weighted by molar-refractivity contribution is -0.119. The van der Waals surface area contributed by atoms with Crippen molar-refractivity contribution in [1.29, 1.82) is 0 Å². The zero-order valence-electron chi connectivity index (χ0n) is 12.8. The quantitative estimate of drug-likeness (QED) is 0.795. The topological polar surface area (TPSA) is 55.6 Å². The maximum absolute atomic E-state index is 12.4. The van der Waals surface area contributed by atoms with Crippen LogP contribution in [-0.4, -0.2) is 32.2 Å². The van der Waals surface area contributed by atoms with Crippen LogP contribution < -0.4 is 10.6 Å². The fourth-order valence-corrected chi connectivity index (χ4v) is 2.02. The number of ether oxygens (including phenoxy) is 1. The normalized spacial score (nSPS) is 12.2. The van der Waals surface area contributed by atoms with Crippen LogP contribution in [0.5, 0.6) is 0 Å². The first-order valence-corrected chi connectivity index (χ1v) is 7.18. The van der Waals surface area contributed by atoms with Gasteiger partial charge in [-0.05, 0) is 50.9 Å². The Hall–Kier alpha value is -1.39. The Labute approximate surface area is 121 Å². The highest BCUT2D eigenvalue weighted by molar-refractivity contribution is 5.93. The van der Waals surface area contributed by atoms with Crippen molar-refractivity contribution in [2.75, 3.05) is 25.1 Å². The van der Waals surface area contributed by atoms with E-state index in [0.29, 0.717) is 19.5 Å². The van der Waals surface area contributed by atoms with Crippen LogP contribution in [0.3, 0.4) is 0 Å². The number of nitrogens with zero attached hydrogens (tertiary/aromatic N) is 1. The maximum atomic E-state index is 12.4. The highest BCUT2D eigenvalue weighted by atomic mass is 16.5. The Bertz CT molecular complexity index is 421. The van der Waals surface area contributed by atoms with Gasteiger partial charge in [0.2, 0.25) is 5.91 Å². The van der Waals surface area contributed by atoms with Crippen molar-refractivity contribution in [2.24, 2.45) is 5.73 Å². The van der Waals surface area contributed by atoms with Crippen molar-refractivity contribution in [2.45, 2.75) is 39.2 Å². The van der Waals surface area contributed by atoms with Crippen LogP contribution in [0, 0.1) is 6.92 Å². The molecule has 0 radical (unpaired) electrons. The van der Waals surface area contributed by atoms with Gasteiger partial charge in [0, 0.05) is 25.8 Å². The van der Waals surface area contributed by atoms with Crippen LogP contribution in [-0.2, 0) is 9.53 Å². The summed E-state index contributed by atoms with van der Waals surface area (Å²) in [5, 5.41) is 0. The van der Waals surface area contributed by atoms with Gasteiger partial charge < -0.3 is 15.4 Å². The maximum Gasteiger partial charge on any atom is 0.227 e. The minimum atomic E-state index is 0.104. The van der Waals surface area contributed by atoms with Gasteiger partial charge in [-0.15, -0.1) is 0 Å². The summed E-state index contributed by atoms with van der Waals surface area (Å²) in [6.45, 7) is 5.26. The predicted molar refractivity (Wildman–Crippen MR) is 82.9 cm³/mol. The molecular formula is C16H26N2O2. The van der Waals surface area contributed by atoms with E-state index in [4.69, 9.17) is 10.5 Å². The second-order valence-electron chi connectivity index (χ2n) is 5.11. The van der Waals surface area contributed by atoms with E-state index in [9.17, 15) is 4.79 Å². The molecule has 1 aromatic carbocycles. The summed E-state index contributed by atoms with van der Waals surface area (Å²) in [7, 11) is 1.67. The molecule has 2 N–H and O–H groups in total. The first-order valence-electron chi connectivity index (χ1n) is 7.18. The molecule has 0 fully saturated rings. The third-order valence-corrected chi connectivity index (χ3v) is 3.37. The van der Waals surface area contributed by atoms with E-state index in [-0.39, 0.29) is 12.0 Å². The second kappa shape index (κ2) is 8.72. The molecule has 0 saturated carbocycles. The molecule has 4 nitrogen and oxygen atoms in total. The highest BCUT2D eigenvalue weighted by Gasteiger charge is 2.16. The van der Waals surface area contributed by atoms with E-state index >= 15 is 0 Å². The largest absolute Gasteiger partial charge is 0.382 e. The second-order valence-corrected chi connectivity index (χ2v) is 5.11. The number of benzene rings is 1. The molecule has 112 valence electrons. The van der Waals surface area contributed by atoms with Crippen molar-refractivity contribution in [1.82, 2.24) is 0 Å². The van der Waals surface area contributed by atoms with Crippen LogP contribution in [0.1, 0.15) is 31.7 Å². The molecule has 1 aromatic rings. The number of amides is 1. The van der Waals surface area contributed by atoms with Gasteiger partial charge in [0.1, 0.15) is 0 Å². The first-order chi connectivity index (χ1) is 9.58. The summed E-state index contributed by atoms with van der Waals surface area (Å²) in [5.74, 6) is 0.132.